The van der Waals surface area contributed by atoms with Crippen LogP contribution in [0, 0.1) is 0 Å². The zero-order valence-corrected chi connectivity index (χ0v) is 10.8. The second-order valence-corrected chi connectivity index (χ2v) is 4.37. The molecule has 0 spiro atoms. The van der Waals surface area contributed by atoms with Crippen LogP contribution in [-0.4, -0.2) is 21.8 Å². The van der Waals surface area contributed by atoms with Crippen molar-refractivity contribution in [3.63, 3.8) is 0 Å². The maximum Gasteiger partial charge on any atom is 0.269 e. The highest BCUT2D eigenvalue weighted by molar-refractivity contribution is 9.10. The Balaban J connectivity index is 2.24. The van der Waals surface area contributed by atoms with E-state index in [9.17, 15) is 4.79 Å². The lowest BCUT2D eigenvalue weighted by molar-refractivity contribution is 0.628. The second-order valence-electron chi connectivity index (χ2n) is 3.46. The number of halogens is 1. The first kappa shape index (κ1) is 11.8. The third-order valence-electron chi connectivity index (χ3n) is 2.26. The Hall–Kier alpha value is -1.69. The van der Waals surface area contributed by atoms with Crippen molar-refractivity contribution in [1.82, 2.24) is 14.8 Å². The summed E-state index contributed by atoms with van der Waals surface area (Å²) in [5.74, 6) is 0. The Morgan fingerprint density at radius 2 is 2.24 bits per heavy atom. The fourth-order valence-corrected chi connectivity index (χ4v) is 1.58. The summed E-state index contributed by atoms with van der Waals surface area (Å²) in [5.41, 5.74) is 1.34. The van der Waals surface area contributed by atoms with E-state index >= 15 is 0 Å². The molecular formula is C11H11BrN4O. The number of hydrogen-bond acceptors (Lipinski definition) is 4. The van der Waals surface area contributed by atoms with Crippen LogP contribution in [-0.2, 0) is 6.54 Å². The summed E-state index contributed by atoms with van der Waals surface area (Å²) in [7, 11) is 1.75. The highest BCUT2D eigenvalue weighted by atomic mass is 79.9. The van der Waals surface area contributed by atoms with Crippen LogP contribution in [0.3, 0.4) is 0 Å². The lowest BCUT2D eigenvalue weighted by Crippen LogP contribution is -2.23. The molecule has 0 radical (unpaired) electrons. The van der Waals surface area contributed by atoms with E-state index in [0.717, 1.165) is 10.2 Å². The fraction of sp³-hybridized carbons (Fsp3) is 0.182. The normalized spacial score (nSPS) is 10.2. The van der Waals surface area contributed by atoms with Gasteiger partial charge in [-0.25, -0.2) is 4.68 Å². The van der Waals surface area contributed by atoms with Gasteiger partial charge in [0, 0.05) is 23.8 Å². The molecule has 2 rings (SSSR count). The van der Waals surface area contributed by atoms with Crippen molar-refractivity contribution in [1.29, 1.82) is 0 Å². The largest absolute Gasteiger partial charge is 0.387 e. The number of anilines is 1. The van der Waals surface area contributed by atoms with E-state index in [2.05, 4.69) is 31.3 Å². The summed E-state index contributed by atoms with van der Waals surface area (Å²) >= 11 is 3.31. The topological polar surface area (TPSA) is 59.8 Å². The summed E-state index contributed by atoms with van der Waals surface area (Å²) in [4.78, 5) is 15.9. The van der Waals surface area contributed by atoms with E-state index in [1.807, 2.05) is 12.1 Å². The summed E-state index contributed by atoms with van der Waals surface area (Å²) in [6, 6.07) is 5.24. The number of pyridine rings is 1. The number of nitrogens with zero attached hydrogens (tertiary/aromatic N) is 3. The molecule has 0 atom stereocenters. The van der Waals surface area contributed by atoms with Crippen LogP contribution in [0.2, 0.25) is 0 Å². The third-order valence-corrected chi connectivity index (χ3v) is 2.73. The predicted octanol–water partition coefficient (Wildman–Crippen LogP) is 1.49. The van der Waals surface area contributed by atoms with Gasteiger partial charge in [0.2, 0.25) is 0 Å². The molecule has 6 heteroatoms. The molecular weight excluding hydrogens is 284 g/mol. The van der Waals surface area contributed by atoms with Gasteiger partial charge in [-0.2, -0.15) is 5.10 Å². The lowest BCUT2D eigenvalue weighted by atomic mass is 10.3. The van der Waals surface area contributed by atoms with Crippen molar-refractivity contribution in [2.24, 2.45) is 0 Å². The van der Waals surface area contributed by atoms with Crippen molar-refractivity contribution in [3.05, 3.63) is 51.1 Å². The van der Waals surface area contributed by atoms with Gasteiger partial charge in [0.25, 0.3) is 5.56 Å². The maximum absolute atomic E-state index is 11.7. The molecule has 0 unspecified atom stereocenters. The first-order valence-electron chi connectivity index (χ1n) is 5.04. The van der Waals surface area contributed by atoms with Gasteiger partial charge in [0.1, 0.15) is 0 Å². The summed E-state index contributed by atoms with van der Waals surface area (Å²) in [5, 5.41) is 6.93. The molecule has 17 heavy (non-hydrogen) atoms. The summed E-state index contributed by atoms with van der Waals surface area (Å²) in [6.07, 6.45) is 3.31. The van der Waals surface area contributed by atoms with Crippen molar-refractivity contribution in [2.45, 2.75) is 6.54 Å². The molecule has 0 bridgehead atoms. The van der Waals surface area contributed by atoms with Crippen molar-refractivity contribution in [2.75, 3.05) is 12.4 Å². The van der Waals surface area contributed by atoms with Crippen LogP contribution in [0.4, 0.5) is 5.69 Å². The SMILES string of the molecule is CNc1cnn(Cc2ccc(Br)cn2)c(=O)c1. The van der Waals surface area contributed by atoms with Gasteiger partial charge in [-0.05, 0) is 28.1 Å². The highest BCUT2D eigenvalue weighted by Crippen LogP contribution is 2.07. The number of hydrogen-bond donors (Lipinski definition) is 1. The first-order chi connectivity index (χ1) is 8.19. The Morgan fingerprint density at radius 3 is 2.82 bits per heavy atom. The maximum atomic E-state index is 11.7. The van der Waals surface area contributed by atoms with Gasteiger partial charge in [-0.3, -0.25) is 9.78 Å². The average molecular weight is 295 g/mol. The van der Waals surface area contributed by atoms with Gasteiger partial charge < -0.3 is 5.32 Å². The molecule has 0 saturated carbocycles. The van der Waals surface area contributed by atoms with Crippen LogP contribution in [0.5, 0.6) is 0 Å². The molecule has 0 amide bonds. The van der Waals surface area contributed by atoms with Gasteiger partial charge in [0.15, 0.2) is 0 Å². The Kier molecular flexibility index (Phi) is 3.53. The van der Waals surface area contributed by atoms with Gasteiger partial charge in [-0.1, -0.05) is 0 Å². The third kappa shape index (κ3) is 2.91. The van der Waals surface area contributed by atoms with Crippen molar-refractivity contribution >= 4 is 21.6 Å². The highest BCUT2D eigenvalue weighted by Gasteiger charge is 2.01. The van der Waals surface area contributed by atoms with Crippen molar-refractivity contribution in [3.8, 4) is 0 Å². The molecule has 2 heterocycles. The minimum absolute atomic E-state index is 0.151. The molecule has 0 saturated heterocycles. The summed E-state index contributed by atoms with van der Waals surface area (Å²) in [6.45, 7) is 0.371. The molecule has 1 N–H and O–H groups in total. The summed E-state index contributed by atoms with van der Waals surface area (Å²) < 4.78 is 2.28. The van der Waals surface area contributed by atoms with E-state index in [1.54, 1.807) is 19.4 Å². The zero-order valence-electron chi connectivity index (χ0n) is 9.22. The fourth-order valence-electron chi connectivity index (χ4n) is 1.34. The van der Waals surface area contributed by atoms with Gasteiger partial charge >= 0.3 is 0 Å². The van der Waals surface area contributed by atoms with Crippen LogP contribution in [0.25, 0.3) is 0 Å². The zero-order chi connectivity index (χ0) is 12.3. The van der Waals surface area contributed by atoms with E-state index in [-0.39, 0.29) is 5.56 Å². The molecule has 2 aromatic rings. The Labute approximate surface area is 107 Å². The smallest absolute Gasteiger partial charge is 0.269 e. The number of nitrogens with one attached hydrogen (secondary N) is 1. The monoisotopic (exact) mass is 294 g/mol. The van der Waals surface area contributed by atoms with E-state index < -0.39 is 0 Å². The van der Waals surface area contributed by atoms with Gasteiger partial charge in [0.05, 0.1) is 24.1 Å². The molecule has 0 aliphatic rings. The number of aromatic nitrogens is 3. The minimum Gasteiger partial charge on any atom is -0.387 e. The Morgan fingerprint density at radius 1 is 1.41 bits per heavy atom. The molecule has 0 aromatic carbocycles. The quantitative estimate of drug-likeness (QED) is 0.932. The predicted molar refractivity (Wildman–Crippen MR) is 69.1 cm³/mol. The number of rotatable bonds is 3. The van der Waals surface area contributed by atoms with E-state index in [0.29, 0.717) is 12.2 Å². The molecule has 0 aliphatic heterocycles. The van der Waals surface area contributed by atoms with Gasteiger partial charge in [-0.15, -0.1) is 0 Å². The lowest BCUT2D eigenvalue weighted by Gasteiger charge is -2.05. The van der Waals surface area contributed by atoms with Crippen LogP contribution >= 0.6 is 15.9 Å². The molecule has 0 fully saturated rings. The van der Waals surface area contributed by atoms with Crippen LogP contribution in [0.1, 0.15) is 5.69 Å². The van der Waals surface area contributed by atoms with E-state index in [1.165, 1.54) is 10.7 Å². The average Bonchev–Trinajstić information content (AvgIpc) is 2.34. The molecule has 0 aliphatic carbocycles. The standard InChI is InChI=1S/C11H11BrN4O/c1-13-10-4-11(17)16(15-6-10)7-9-3-2-8(12)5-14-9/h2-6,13H,7H2,1H3. The minimum atomic E-state index is -0.151. The molecule has 88 valence electrons. The van der Waals surface area contributed by atoms with E-state index in [4.69, 9.17) is 0 Å². The molecule has 5 nitrogen and oxygen atoms in total. The first-order valence-corrected chi connectivity index (χ1v) is 5.83. The second kappa shape index (κ2) is 5.09. The van der Waals surface area contributed by atoms with Crippen molar-refractivity contribution < 1.29 is 0 Å². The van der Waals surface area contributed by atoms with Crippen LogP contribution < -0.4 is 10.9 Å². The Bertz CT molecular complexity index is 564. The van der Waals surface area contributed by atoms with Crippen LogP contribution in [0.15, 0.2) is 39.9 Å². The molecule has 2 aromatic heterocycles.